The number of aromatic nitrogens is 4. The van der Waals surface area contributed by atoms with E-state index in [-0.39, 0.29) is 12.0 Å². The zero-order valence-corrected chi connectivity index (χ0v) is 19.0. The number of aryl methyl sites for hydroxylation is 2. The molecule has 1 unspecified atom stereocenters. The van der Waals surface area contributed by atoms with E-state index in [1.165, 1.54) is 6.42 Å². The summed E-state index contributed by atoms with van der Waals surface area (Å²) in [6, 6.07) is 4.01. The fraction of sp³-hybridized carbons (Fsp3) is 0.667. The second kappa shape index (κ2) is 7.54. The molecular weight excluding hydrogens is 404 g/mol. The van der Waals surface area contributed by atoms with Gasteiger partial charge >= 0.3 is 0 Å². The molecule has 4 aliphatic rings. The van der Waals surface area contributed by atoms with Crippen LogP contribution in [0.3, 0.4) is 0 Å². The van der Waals surface area contributed by atoms with Crippen molar-refractivity contribution in [2.24, 2.45) is 24.3 Å². The van der Waals surface area contributed by atoms with E-state index in [0.29, 0.717) is 23.3 Å². The molecule has 3 saturated heterocycles. The molecule has 1 amide bonds. The lowest BCUT2D eigenvalue weighted by Crippen LogP contribution is -2.45. The number of carbonyl (C=O) groups excluding carboxylic acids is 1. The average Bonchev–Trinajstić information content (AvgIpc) is 3.16. The number of hydrogen-bond acceptors (Lipinski definition) is 6. The molecule has 1 N–H and O–H groups in total. The van der Waals surface area contributed by atoms with E-state index in [1.807, 2.05) is 32.3 Å². The Kier molecular flexibility index (Phi) is 4.75. The Morgan fingerprint density at radius 2 is 2.09 bits per heavy atom. The molecule has 6 rings (SSSR count). The fourth-order valence-corrected chi connectivity index (χ4v) is 6.29. The van der Waals surface area contributed by atoms with Gasteiger partial charge in [-0.3, -0.25) is 9.48 Å². The lowest BCUT2D eigenvalue weighted by atomic mass is 9.86. The average molecular weight is 437 g/mol. The van der Waals surface area contributed by atoms with Crippen LogP contribution in [0, 0.1) is 24.2 Å². The first-order chi connectivity index (χ1) is 15.5. The van der Waals surface area contributed by atoms with Crippen molar-refractivity contribution in [3.63, 3.8) is 0 Å². The highest BCUT2D eigenvalue weighted by molar-refractivity contribution is 5.80. The van der Waals surface area contributed by atoms with Gasteiger partial charge in [-0.25, -0.2) is 0 Å². The minimum absolute atomic E-state index is 0.122. The molecular formula is C24H32N6O2. The van der Waals surface area contributed by atoms with Gasteiger partial charge in [0.25, 0.3) is 0 Å². The third-order valence-electron chi connectivity index (χ3n) is 8.34. The number of carbonyl (C=O) groups is 1. The van der Waals surface area contributed by atoms with Crippen LogP contribution >= 0.6 is 0 Å². The minimum atomic E-state index is 0.122. The van der Waals surface area contributed by atoms with Gasteiger partial charge in [-0.15, -0.1) is 10.2 Å². The fourth-order valence-electron chi connectivity index (χ4n) is 6.29. The number of nitrogens with one attached hydrogen (secondary N) is 1. The topological polar surface area (TPSA) is 85.2 Å². The van der Waals surface area contributed by atoms with E-state index in [0.717, 1.165) is 74.5 Å². The molecule has 32 heavy (non-hydrogen) atoms. The summed E-state index contributed by atoms with van der Waals surface area (Å²) in [6.45, 7) is 4.72. The number of anilines is 1. The number of hydrogen-bond donors (Lipinski definition) is 1. The zero-order chi connectivity index (χ0) is 21.9. The van der Waals surface area contributed by atoms with Gasteiger partial charge in [0.15, 0.2) is 0 Å². The molecule has 3 aliphatic heterocycles. The molecule has 8 nitrogen and oxygen atoms in total. The monoisotopic (exact) mass is 436 g/mol. The Labute approximate surface area is 188 Å². The summed E-state index contributed by atoms with van der Waals surface area (Å²) < 4.78 is 7.71. The van der Waals surface area contributed by atoms with Crippen LogP contribution in [0.25, 0.3) is 11.3 Å². The molecule has 2 aromatic heterocycles. The molecule has 4 fully saturated rings. The number of piperidine rings is 1. The van der Waals surface area contributed by atoms with Crippen LogP contribution in [0.2, 0.25) is 0 Å². The van der Waals surface area contributed by atoms with Crippen LogP contribution in [0.15, 0.2) is 18.3 Å². The quantitative estimate of drug-likeness (QED) is 0.776. The van der Waals surface area contributed by atoms with Crippen molar-refractivity contribution in [3.8, 4) is 11.3 Å². The van der Waals surface area contributed by atoms with E-state index in [1.54, 1.807) is 4.68 Å². The maximum absolute atomic E-state index is 13.0. The molecule has 0 aromatic carbocycles. The van der Waals surface area contributed by atoms with Crippen molar-refractivity contribution in [3.05, 3.63) is 24.0 Å². The summed E-state index contributed by atoms with van der Waals surface area (Å²) >= 11 is 0. The van der Waals surface area contributed by atoms with Crippen LogP contribution in [0.1, 0.15) is 44.2 Å². The van der Waals surface area contributed by atoms with Crippen LogP contribution in [-0.4, -0.2) is 62.6 Å². The lowest BCUT2D eigenvalue weighted by molar-refractivity contribution is -0.138. The van der Waals surface area contributed by atoms with Gasteiger partial charge in [-0.2, -0.15) is 5.10 Å². The van der Waals surface area contributed by atoms with Gasteiger partial charge in [-0.1, -0.05) is 0 Å². The van der Waals surface area contributed by atoms with E-state index in [4.69, 9.17) is 4.74 Å². The first-order valence-electron chi connectivity index (χ1n) is 12.0. The summed E-state index contributed by atoms with van der Waals surface area (Å²) in [5.41, 5.74) is 3.24. The van der Waals surface area contributed by atoms with Crippen molar-refractivity contribution < 1.29 is 9.53 Å². The van der Waals surface area contributed by atoms with Gasteiger partial charge in [-0.05, 0) is 68.9 Å². The molecule has 1 aliphatic carbocycles. The molecule has 1 saturated carbocycles. The third kappa shape index (κ3) is 3.49. The van der Waals surface area contributed by atoms with Crippen molar-refractivity contribution in [2.45, 2.75) is 57.7 Å². The van der Waals surface area contributed by atoms with Crippen LogP contribution in [0.5, 0.6) is 0 Å². The molecule has 1 spiro atoms. The van der Waals surface area contributed by atoms with Crippen molar-refractivity contribution in [1.82, 2.24) is 24.9 Å². The van der Waals surface area contributed by atoms with E-state index < -0.39 is 0 Å². The summed E-state index contributed by atoms with van der Waals surface area (Å²) in [5.74, 6) is 1.95. The predicted octanol–water partition coefficient (Wildman–Crippen LogP) is 2.79. The number of amides is 1. The molecule has 170 valence electrons. The maximum atomic E-state index is 13.0. The summed E-state index contributed by atoms with van der Waals surface area (Å²) in [5, 5.41) is 16.6. The molecule has 0 radical (unpaired) electrons. The van der Waals surface area contributed by atoms with E-state index in [9.17, 15) is 4.79 Å². The van der Waals surface area contributed by atoms with Gasteiger partial charge < -0.3 is 15.0 Å². The first kappa shape index (κ1) is 20.1. The first-order valence-corrected chi connectivity index (χ1v) is 12.0. The smallest absolute Gasteiger partial charge is 0.228 e. The van der Waals surface area contributed by atoms with Gasteiger partial charge in [0.05, 0.1) is 29.5 Å². The second-order valence-corrected chi connectivity index (χ2v) is 10.3. The van der Waals surface area contributed by atoms with Crippen molar-refractivity contribution in [1.29, 1.82) is 0 Å². The van der Waals surface area contributed by atoms with Crippen LogP contribution < -0.4 is 5.32 Å². The Balaban J connectivity index is 0.993. The third-order valence-corrected chi connectivity index (χ3v) is 8.34. The molecule has 2 bridgehead atoms. The van der Waals surface area contributed by atoms with Crippen molar-refractivity contribution >= 4 is 11.7 Å². The van der Waals surface area contributed by atoms with Crippen LogP contribution in [0.4, 0.5) is 5.82 Å². The Morgan fingerprint density at radius 3 is 2.72 bits per heavy atom. The Bertz CT molecular complexity index is 1010. The Morgan fingerprint density at radius 1 is 1.25 bits per heavy atom. The van der Waals surface area contributed by atoms with Gasteiger partial charge in [0.2, 0.25) is 5.91 Å². The largest absolute Gasteiger partial charge is 0.374 e. The molecule has 2 aromatic rings. The summed E-state index contributed by atoms with van der Waals surface area (Å²) in [4.78, 5) is 15.1. The number of nitrogens with zero attached hydrogens (tertiary/aromatic N) is 5. The number of rotatable bonds is 5. The van der Waals surface area contributed by atoms with Gasteiger partial charge in [0, 0.05) is 38.4 Å². The summed E-state index contributed by atoms with van der Waals surface area (Å²) in [6.07, 6.45) is 9.15. The van der Waals surface area contributed by atoms with E-state index >= 15 is 0 Å². The normalized spacial score (nSPS) is 30.1. The number of ether oxygens (including phenoxy) is 1. The highest BCUT2D eigenvalue weighted by atomic mass is 16.5. The molecule has 4 atom stereocenters. The number of fused-ring (bicyclic) bond motifs is 2. The Hall–Kier alpha value is -2.48. The molecule has 5 heterocycles. The lowest BCUT2D eigenvalue weighted by Gasteiger charge is -2.35. The SMILES string of the molecule is Cc1nn(C)cc1-c1ccc(NCC2CC23CCN(C(=O)[C@H]2C[C@@H]4CC[C@H]2O4)CC3)nn1. The standard InChI is InChI=1S/C24H32N6O2/c1-15-19(14-29(2)28-15)20-4-6-22(27-26-20)25-13-16-12-24(16)7-9-30(10-8-24)23(31)18-11-17-3-5-21(18)32-17/h4,6,14,16-18,21H,3,5,7-13H2,1-2H3,(H,25,27)/t16?,17-,18-,21+/m0/s1. The maximum Gasteiger partial charge on any atom is 0.228 e. The second-order valence-electron chi connectivity index (χ2n) is 10.3. The highest BCUT2D eigenvalue weighted by Gasteiger charge is 2.55. The van der Waals surface area contributed by atoms with Crippen LogP contribution in [-0.2, 0) is 16.6 Å². The number of likely N-dealkylation sites (tertiary alicyclic amines) is 1. The van der Waals surface area contributed by atoms with Crippen molar-refractivity contribution in [2.75, 3.05) is 25.0 Å². The minimum Gasteiger partial charge on any atom is -0.374 e. The highest BCUT2D eigenvalue weighted by Crippen LogP contribution is 2.59. The predicted molar refractivity (Wildman–Crippen MR) is 120 cm³/mol. The molecule has 8 heteroatoms. The van der Waals surface area contributed by atoms with Gasteiger partial charge in [0.1, 0.15) is 5.82 Å². The van der Waals surface area contributed by atoms with E-state index in [2.05, 4.69) is 25.5 Å². The zero-order valence-electron chi connectivity index (χ0n) is 19.0. The summed E-state index contributed by atoms with van der Waals surface area (Å²) in [7, 11) is 1.92.